The molecule has 0 aromatic heterocycles. The van der Waals surface area contributed by atoms with Crippen LogP contribution >= 0.6 is 0 Å². The Morgan fingerprint density at radius 3 is 2.29 bits per heavy atom. The predicted molar refractivity (Wildman–Crippen MR) is 82.7 cm³/mol. The monoisotopic (exact) mass is 364 g/mol. The minimum Gasteiger partial charge on any atom is -0.361 e. The lowest BCUT2D eigenvalue weighted by Gasteiger charge is -2.33. The van der Waals surface area contributed by atoms with Gasteiger partial charge < -0.3 is 5.11 Å². The first kappa shape index (κ1) is 18.7. The molecule has 0 saturated carbocycles. The smallest absolute Gasteiger partial charge is 0.361 e. The number of benzene rings is 1. The van der Waals surface area contributed by atoms with E-state index in [0.717, 1.165) is 5.56 Å². The summed E-state index contributed by atoms with van der Waals surface area (Å²) >= 11 is 0. The Morgan fingerprint density at radius 1 is 1.29 bits per heavy atom. The average molecular weight is 364 g/mol. The predicted octanol–water partition coefficient (Wildman–Crippen LogP) is 3.04. The third-order valence-corrected chi connectivity index (χ3v) is 5.35. The number of aliphatic hydroxyl groups is 1. The van der Waals surface area contributed by atoms with Gasteiger partial charge in [-0.1, -0.05) is 31.5 Å². The summed E-state index contributed by atoms with van der Waals surface area (Å²) < 4.78 is 65.2. The van der Waals surface area contributed by atoms with Crippen molar-refractivity contribution in [2.45, 2.75) is 50.4 Å². The topological polar surface area (TPSA) is 70.0 Å². The van der Waals surface area contributed by atoms with Gasteiger partial charge in [0, 0.05) is 12.1 Å². The second-order valence-corrected chi connectivity index (χ2v) is 8.08. The fourth-order valence-corrected chi connectivity index (χ4v) is 3.92. The number of alkyl halides is 3. The molecule has 2 rings (SSSR count). The molecule has 134 valence electrons. The number of halogens is 3. The summed E-state index contributed by atoms with van der Waals surface area (Å²) in [6.45, 7) is 5.26. The van der Waals surface area contributed by atoms with Crippen molar-refractivity contribution in [3.8, 4) is 0 Å². The maximum Gasteiger partial charge on any atom is 0.439 e. The summed E-state index contributed by atoms with van der Waals surface area (Å²) in [6, 6.07) is 5.32. The Morgan fingerprint density at radius 2 is 1.83 bits per heavy atom. The van der Waals surface area contributed by atoms with E-state index in [0.29, 0.717) is 0 Å². The largest absolute Gasteiger partial charge is 0.439 e. The lowest BCUT2D eigenvalue weighted by atomic mass is 10.00. The van der Waals surface area contributed by atoms with Gasteiger partial charge in [-0.05, 0) is 31.4 Å². The molecule has 1 atom stereocenters. The lowest BCUT2D eigenvalue weighted by molar-refractivity contribution is -0.291. The second kappa shape index (κ2) is 6.03. The highest BCUT2D eigenvalue weighted by molar-refractivity contribution is 7.89. The first-order chi connectivity index (χ1) is 10.9. The normalized spacial score (nSPS) is 22.2. The minimum atomic E-state index is -5.17. The standard InChI is InChI=1S/C15H19F3N2O3S/c1-10(2)8-12-9-14(21,15(16,17)18)20(19-12)24(22,23)13-6-4-11(3)5-7-13/h4-7,10,21H,8-9H2,1-3H3/t14-/m0/s1. The van der Waals surface area contributed by atoms with Crippen LogP contribution in [0.5, 0.6) is 0 Å². The van der Waals surface area contributed by atoms with Crippen molar-refractivity contribution in [2.24, 2.45) is 11.0 Å². The van der Waals surface area contributed by atoms with Crippen molar-refractivity contribution in [3.63, 3.8) is 0 Å². The van der Waals surface area contributed by atoms with Gasteiger partial charge in [0.1, 0.15) is 0 Å². The zero-order chi connectivity index (χ0) is 18.3. The van der Waals surface area contributed by atoms with Gasteiger partial charge in [0.25, 0.3) is 15.7 Å². The number of hydrogen-bond donors (Lipinski definition) is 1. The number of hydrogen-bond acceptors (Lipinski definition) is 4. The lowest BCUT2D eigenvalue weighted by Crippen LogP contribution is -2.56. The van der Waals surface area contributed by atoms with Crippen LogP contribution < -0.4 is 0 Å². The highest BCUT2D eigenvalue weighted by Crippen LogP contribution is 2.43. The van der Waals surface area contributed by atoms with E-state index in [1.807, 2.05) is 0 Å². The molecule has 1 aromatic rings. The SMILES string of the molecule is Cc1ccc(S(=O)(=O)N2N=C(CC(C)C)C[C@]2(O)C(F)(F)F)cc1. The molecule has 0 spiro atoms. The summed E-state index contributed by atoms with van der Waals surface area (Å²) in [5.41, 5.74) is -2.81. The van der Waals surface area contributed by atoms with E-state index in [-0.39, 0.29) is 27.4 Å². The highest BCUT2D eigenvalue weighted by atomic mass is 32.2. The number of sulfonamides is 1. The van der Waals surface area contributed by atoms with Gasteiger partial charge in [-0.25, -0.2) is 0 Å². The average Bonchev–Trinajstić information content (AvgIpc) is 2.77. The molecule has 1 heterocycles. The van der Waals surface area contributed by atoms with Gasteiger partial charge in [0.05, 0.1) is 4.90 Å². The summed E-state index contributed by atoms with van der Waals surface area (Å²) in [5, 5.41) is 13.7. The van der Waals surface area contributed by atoms with Crippen LogP contribution in [-0.2, 0) is 10.0 Å². The van der Waals surface area contributed by atoms with Crippen LogP contribution in [0.1, 0.15) is 32.3 Å². The fourth-order valence-electron chi connectivity index (χ4n) is 2.45. The van der Waals surface area contributed by atoms with E-state index in [4.69, 9.17) is 0 Å². The summed E-state index contributed by atoms with van der Waals surface area (Å²) in [5.74, 6) is -0.0248. The maximum atomic E-state index is 13.4. The van der Waals surface area contributed by atoms with Gasteiger partial charge in [0.15, 0.2) is 0 Å². The molecule has 0 radical (unpaired) electrons. The first-order valence-electron chi connectivity index (χ1n) is 7.35. The first-order valence-corrected chi connectivity index (χ1v) is 8.79. The van der Waals surface area contributed by atoms with Gasteiger partial charge in [-0.2, -0.15) is 26.7 Å². The van der Waals surface area contributed by atoms with E-state index in [1.54, 1.807) is 20.8 Å². The van der Waals surface area contributed by atoms with Gasteiger partial charge in [-0.15, -0.1) is 4.41 Å². The Kier molecular flexibility index (Phi) is 4.71. The summed E-state index contributed by atoms with van der Waals surface area (Å²) in [6.07, 6.45) is -5.90. The third kappa shape index (κ3) is 3.27. The molecule has 0 aliphatic carbocycles. The highest BCUT2D eigenvalue weighted by Gasteiger charge is 2.64. The summed E-state index contributed by atoms with van der Waals surface area (Å²) in [7, 11) is -4.64. The molecule has 1 aromatic carbocycles. The molecule has 0 bridgehead atoms. The van der Waals surface area contributed by atoms with Crippen molar-refractivity contribution in [2.75, 3.05) is 0 Å². The fraction of sp³-hybridized carbons (Fsp3) is 0.533. The van der Waals surface area contributed by atoms with E-state index in [1.165, 1.54) is 24.3 Å². The van der Waals surface area contributed by atoms with Crippen LogP contribution in [-0.4, -0.2) is 35.6 Å². The molecule has 5 nitrogen and oxygen atoms in total. The van der Waals surface area contributed by atoms with Crippen LogP contribution in [0, 0.1) is 12.8 Å². The van der Waals surface area contributed by atoms with E-state index in [2.05, 4.69) is 5.10 Å². The van der Waals surface area contributed by atoms with Crippen LogP contribution in [0.25, 0.3) is 0 Å². The summed E-state index contributed by atoms with van der Waals surface area (Å²) in [4.78, 5) is -0.356. The van der Waals surface area contributed by atoms with Gasteiger partial charge in [0.2, 0.25) is 0 Å². The van der Waals surface area contributed by atoms with Crippen molar-refractivity contribution in [3.05, 3.63) is 29.8 Å². The Balaban J connectivity index is 2.53. The maximum absolute atomic E-state index is 13.4. The molecule has 1 aliphatic heterocycles. The number of hydrazone groups is 1. The van der Waals surface area contributed by atoms with Gasteiger partial charge >= 0.3 is 6.18 Å². The van der Waals surface area contributed by atoms with E-state index < -0.39 is 28.3 Å². The van der Waals surface area contributed by atoms with Crippen LogP contribution in [0.15, 0.2) is 34.3 Å². The zero-order valence-electron chi connectivity index (χ0n) is 13.5. The second-order valence-electron chi connectivity index (χ2n) is 6.32. The van der Waals surface area contributed by atoms with Crippen molar-refractivity contribution in [1.82, 2.24) is 4.41 Å². The third-order valence-electron chi connectivity index (χ3n) is 3.64. The zero-order valence-corrected chi connectivity index (χ0v) is 14.3. The quantitative estimate of drug-likeness (QED) is 0.893. The number of nitrogens with zero attached hydrogens (tertiary/aromatic N) is 2. The Labute approximate surface area is 138 Å². The van der Waals surface area contributed by atoms with Crippen LogP contribution in [0.2, 0.25) is 0 Å². The molecule has 0 amide bonds. The Bertz CT molecular complexity index is 742. The van der Waals surface area contributed by atoms with E-state index in [9.17, 15) is 26.7 Å². The minimum absolute atomic E-state index is 0.000474. The molecule has 9 heteroatoms. The van der Waals surface area contributed by atoms with Crippen molar-refractivity contribution >= 4 is 15.7 Å². The molecule has 0 saturated heterocycles. The Hall–Kier alpha value is -1.61. The van der Waals surface area contributed by atoms with Crippen molar-refractivity contribution in [1.29, 1.82) is 0 Å². The van der Waals surface area contributed by atoms with Crippen LogP contribution in [0.3, 0.4) is 0 Å². The molecule has 0 fully saturated rings. The van der Waals surface area contributed by atoms with Crippen LogP contribution in [0.4, 0.5) is 13.2 Å². The molecule has 0 unspecified atom stereocenters. The molecular formula is C15H19F3N2O3S. The van der Waals surface area contributed by atoms with E-state index >= 15 is 0 Å². The number of rotatable bonds is 4. The molecular weight excluding hydrogens is 345 g/mol. The molecule has 24 heavy (non-hydrogen) atoms. The van der Waals surface area contributed by atoms with Gasteiger partial charge in [-0.3, -0.25) is 0 Å². The molecule has 1 N–H and O–H groups in total. The molecule has 1 aliphatic rings. The van der Waals surface area contributed by atoms with Crippen molar-refractivity contribution < 1.29 is 26.7 Å². The number of aryl methyl sites for hydroxylation is 1.